The molecule has 0 amide bonds. The van der Waals surface area contributed by atoms with Crippen LogP contribution < -0.4 is 5.32 Å². The Morgan fingerprint density at radius 3 is 2.76 bits per heavy atom. The van der Waals surface area contributed by atoms with Crippen molar-refractivity contribution in [2.45, 2.75) is 51.2 Å². The Morgan fingerprint density at radius 1 is 1.29 bits per heavy atom. The summed E-state index contributed by atoms with van der Waals surface area (Å²) in [4.78, 5) is 0. The van der Waals surface area contributed by atoms with E-state index >= 15 is 0 Å². The van der Waals surface area contributed by atoms with E-state index in [2.05, 4.69) is 5.32 Å². The van der Waals surface area contributed by atoms with Crippen molar-refractivity contribution < 1.29 is 14.6 Å². The fraction of sp³-hybridized carbons (Fsp3) is 1.00. The number of ether oxygens (including phenoxy) is 2. The van der Waals surface area contributed by atoms with Crippen molar-refractivity contribution in [2.24, 2.45) is 0 Å². The number of aliphatic hydroxyl groups is 1. The molecule has 1 aliphatic rings. The van der Waals surface area contributed by atoms with Gasteiger partial charge in [0, 0.05) is 19.7 Å². The predicted molar refractivity (Wildman–Crippen MR) is 68.2 cm³/mol. The maximum atomic E-state index is 9.50. The maximum absolute atomic E-state index is 9.50. The molecular weight excluding hydrogens is 218 g/mol. The first-order valence-electron chi connectivity index (χ1n) is 6.91. The second-order valence-electron chi connectivity index (χ2n) is 4.65. The summed E-state index contributed by atoms with van der Waals surface area (Å²) in [5.74, 6) is 0. The Morgan fingerprint density at radius 2 is 2.06 bits per heavy atom. The van der Waals surface area contributed by atoms with Crippen molar-refractivity contribution in [1.29, 1.82) is 0 Å². The number of hydrogen-bond donors (Lipinski definition) is 2. The van der Waals surface area contributed by atoms with Crippen LogP contribution in [-0.2, 0) is 9.47 Å². The average molecular weight is 245 g/mol. The summed E-state index contributed by atoms with van der Waals surface area (Å²) >= 11 is 0. The van der Waals surface area contributed by atoms with Crippen LogP contribution >= 0.6 is 0 Å². The minimum atomic E-state index is -0.412. The molecule has 0 aromatic heterocycles. The fourth-order valence-corrected chi connectivity index (χ4v) is 2.11. The molecule has 1 rings (SSSR count). The summed E-state index contributed by atoms with van der Waals surface area (Å²) in [5, 5.41) is 12.7. The van der Waals surface area contributed by atoms with Gasteiger partial charge in [-0.05, 0) is 19.8 Å². The van der Waals surface area contributed by atoms with Gasteiger partial charge >= 0.3 is 0 Å². The Kier molecular flexibility index (Phi) is 8.61. The molecule has 1 aliphatic carbocycles. The molecule has 1 unspecified atom stereocenters. The van der Waals surface area contributed by atoms with E-state index in [1.807, 2.05) is 6.92 Å². The molecule has 4 nitrogen and oxygen atoms in total. The topological polar surface area (TPSA) is 50.7 Å². The third-order valence-corrected chi connectivity index (χ3v) is 3.08. The summed E-state index contributed by atoms with van der Waals surface area (Å²) in [6.07, 6.45) is 6.47. The molecule has 0 aromatic rings. The lowest BCUT2D eigenvalue weighted by Gasteiger charge is -2.22. The van der Waals surface area contributed by atoms with E-state index in [9.17, 15) is 5.11 Å². The minimum Gasteiger partial charge on any atom is -0.389 e. The zero-order chi connectivity index (χ0) is 12.3. The van der Waals surface area contributed by atoms with Crippen LogP contribution in [-0.4, -0.2) is 50.2 Å². The zero-order valence-corrected chi connectivity index (χ0v) is 11.0. The van der Waals surface area contributed by atoms with Gasteiger partial charge in [0.15, 0.2) is 0 Å². The molecule has 1 atom stereocenters. The maximum Gasteiger partial charge on any atom is 0.0897 e. The van der Waals surface area contributed by atoms with E-state index in [-0.39, 0.29) is 0 Å². The Bertz CT molecular complexity index is 172. The van der Waals surface area contributed by atoms with E-state index in [4.69, 9.17) is 9.47 Å². The molecule has 0 radical (unpaired) electrons. The van der Waals surface area contributed by atoms with Gasteiger partial charge in [-0.25, -0.2) is 0 Å². The largest absolute Gasteiger partial charge is 0.389 e. The number of nitrogens with one attached hydrogen (secondary N) is 1. The first kappa shape index (κ1) is 14.9. The van der Waals surface area contributed by atoms with Gasteiger partial charge in [-0.2, -0.15) is 0 Å². The number of aliphatic hydroxyl groups excluding tert-OH is 1. The molecule has 1 saturated carbocycles. The van der Waals surface area contributed by atoms with Crippen LogP contribution in [0.25, 0.3) is 0 Å². The van der Waals surface area contributed by atoms with Crippen molar-refractivity contribution in [2.75, 3.05) is 32.9 Å². The molecule has 102 valence electrons. The van der Waals surface area contributed by atoms with Crippen molar-refractivity contribution in [3.05, 3.63) is 0 Å². The Balaban J connectivity index is 1.86. The van der Waals surface area contributed by atoms with Crippen LogP contribution in [0.4, 0.5) is 0 Å². The molecule has 0 heterocycles. The Labute approximate surface area is 105 Å². The fourth-order valence-electron chi connectivity index (χ4n) is 2.11. The Hall–Kier alpha value is -0.160. The first-order chi connectivity index (χ1) is 8.33. The van der Waals surface area contributed by atoms with Gasteiger partial charge in [0.2, 0.25) is 0 Å². The van der Waals surface area contributed by atoms with Gasteiger partial charge in [0.1, 0.15) is 0 Å². The van der Waals surface area contributed by atoms with Crippen LogP contribution in [0.1, 0.15) is 39.0 Å². The molecule has 0 bridgehead atoms. The smallest absolute Gasteiger partial charge is 0.0897 e. The summed E-state index contributed by atoms with van der Waals surface area (Å²) < 4.78 is 10.9. The molecule has 0 aliphatic heterocycles. The minimum absolute atomic E-state index is 0.410. The van der Waals surface area contributed by atoms with E-state index < -0.39 is 6.10 Å². The highest BCUT2D eigenvalue weighted by Crippen LogP contribution is 2.19. The summed E-state index contributed by atoms with van der Waals surface area (Å²) in [6, 6.07) is 0. The van der Waals surface area contributed by atoms with E-state index in [0.29, 0.717) is 25.9 Å². The molecule has 17 heavy (non-hydrogen) atoms. The van der Waals surface area contributed by atoms with Gasteiger partial charge in [-0.15, -0.1) is 0 Å². The normalized spacial score (nSPS) is 19.4. The van der Waals surface area contributed by atoms with Gasteiger partial charge in [-0.1, -0.05) is 19.3 Å². The van der Waals surface area contributed by atoms with E-state index in [1.165, 1.54) is 32.1 Å². The van der Waals surface area contributed by atoms with Crippen LogP contribution in [0.5, 0.6) is 0 Å². The van der Waals surface area contributed by atoms with Gasteiger partial charge in [0.25, 0.3) is 0 Å². The van der Waals surface area contributed by atoms with Crippen LogP contribution in [0.15, 0.2) is 0 Å². The lowest BCUT2D eigenvalue weighted by Crippen LogP contribution is -2.33. The molecule has 2 N–H and O–H groups in total. The number of rotatable bonds is 9. The third kappa shape index (κ3) is 7.71. The number of hydrogen-bond acceptors (Lipinski definition) is 4. The van der Waals surface area contributed by atoms with Crippen LogP contribution in [0.2, 0.25) is 0 Å². The lowest BCUT2D eigenvalue weighted by atomic mass is 9.98. The van der Waals surface area contributed by atoms with E-state index in [1.54, 1.807) is 0 Å². The second kappa shape index (κ2) is 9.83. The molecule has 0 saturated heterocycles. The standard InChI is InChI=1S/C13H27NO3/c1-2-16-11-12(15)10-14-8-9-17-13-6-4-3-5-7-13/h12-15H,2-11H2,1H3. The first-order valence-corrected chi connectivity index (χ1v) is 6.91. The highest BCUT2D eigenvalue weighted by Gasteiger charge is 2.13. The quantitative estimate of drug-likeness (QED) is 0.602. The highest BCUT2D eigenvalue weighted by molar-refractivity contribution is 4.65. The monoisotopic (exact) mass is 245 g/mol. The van der Waals surface area contributed by atoms with Crippen molar-refractivity contribution >= 4 is 0 Å². The zero-order valence-electron chi connectivity index (χ0n) is 11.0. The van der Waals surface area contributed by atoms with E-state index in [0.717, 1.165) is 13.2 Å². The summed E-state index contributed by atoms with van der Waals surface area (Å²) in [7, 11) is 0. The molecule has 0 aromatic carbocycles. The molecular formula is C13H27NO3. The summed E-state index contributed by atoms with van der Waals surface area (Å²) in [6.45, 7) is 5.12. The van der Waals surface area contributed by atoms with Crippen molar-refractivity contribution in [3.63, 3.8) is 0 Å². The van der Waals surface area contributed by atoms with Crippen LogP contribution in [0, 0.1) is 0 Å². The molecule has 1 fully saturated rings. The molecule has 4 heteroatoms. The van der Waals surface area contributed by atoms with Crippen molar-refractivity contribution in [3.8, 4) is 0 Å². The summed E-state index contributed by atoms with van der Waals surface area (Å²) in [5.41, 5.74) is 0. The molecule has 0 spiro atoms. The van der Waals surface area contributed by atoms with Crippen LogP contribution in [0.3, 0.4) is 0 Å². The second-order valence-corrected chi connectivity index (χ2v) is 4.65. The highest BCUT2D eigenvalue weighted by atomic mass is 16.5. The third-order valence-electron chi connectivity index (χ3n) is 3.08. The van der Waals surface area contributed by atoms with Gasteiger partial charge in [0.05, 0.1) is 25.4 Å². The van der Waals surface area contributed by atoms with Gasteiger partial charge < -0.3 is 19.9 Å². The van der Waals surface area contributed by atoms with Crippen molar-refractivity contribution in [1.82, 2.24) is 5.32 Å². The lowest BCUT2D eigenvalue weighted by molar-refractivity contribution is 0.0238. The predicted octanol–water partition coefficient (Wildman–Crippen LogP) is 1.32. The average Bonchev–Trinajstić information content (AvgIpc) is 2.37. The SMILES string of the molecule is CCOCC(O)CNCCOC1CCCCC1. The van der Waals surface area contributed by atoms with Gasteiger partial charge in [-0.3, -0.25) is 0 Å².